The van der Waals surface area contributed by atoms with Crippen LogP contribution in [0, 0.1) is 0 Å². The largest absolute Gasteiger partial charge is 0.478 e. The molecule has 0 unspecified atom stereocenters. The maximum atomic E-state index is 10.8. The number of nitrogens with zero attached hydrogens (tertiary/aromatic N) is 1. The van der Waals surface area contributed by atoms with Crippen molar-refractivity contribution in [2.75, 3.05) is 11.1 Å². The average molecular weight is 343 g/mol. The Morgan fingerprint density at radius 2 is 2.16 bits per heavy atom. The highest BCUT2D eigenvalue weighted by Gasteiger charge is 2.09. The molecular weight excluding hydrogens is 334 g/mol. The lowest BCUT2D eigenvalue weighted by atomic mass is 10.2. The number of carboxylic acid groups (broad SMARTS) is 1. The van der Waals surface area contributed by atoms with E-state index in [1.165, 1.54) is 12.3 Å². The number of nitrogen functional groups attached to an aromatic ring is 1. The van der Waals surface area contributed by atoms with E-state index in [1.807, 2.05) is 0 Å². The van der Waals surface area contributed by atoms with Crippen molar-refractivity contribution in [3.05, 3.63) is 45.5 Å². The number of carbonyl (C=O) groups is 1. The van der Waals surface area contributed by atoms with Crippen LogP contribution >= 0.6 is 27.5 Å². The van der Waals surface area contributed by atoms with Gasteiger partial charge in [0.05, 0.1) is 16.9 Å². The number of pyridine rings is 1. The standard InChI is InChI=1S/C12H9BrClN3O2/c13-8-2-1-7(14)4-10(8)17-11-9(15)3-6(5-16-11)12(18)19/h1-5H,15H2,(H,16,17)(H,18,19). The van der Waals surface area contributed by atoms with Gasteiger partial charge in [0.25, 0.3) is 0 Å². The van der Waals surface area contributed by atoms with Gasteiger partial charge in [0.15, 0.2) is 5.82 Å². The van der Waals surface area contributed by atoms with Crippen molar-refractivity contribution in [2.24, 2.45) is 0 Å². The first-order chi connectivity index (χ1) is 8.97. The molecule has 0 aliphatic carbocycles. The predicted octanol–water partition coefficient (Wildman–Crippen LogP) is 3.52. The lowest BCUT2D eigenvalue weighted by Crippen LogP contribution is -2.04. The van der Waals surface area contributed by atoms with Gasteiger partial charge >= 0.3 is 5.97 Å². The fraction of sp³-hybridized carbons (Fsp3) is 0. The monoisotopic (exact) mass is 341 g/mol. The van der Waals surface area contributed by atoms with Crippen LogP contribution in [0.3, 0.4) is 0 Å². The van der Waals surface area contributed by atoms with E-state index < -0.39 is 5.97 Å². The molecule has 0 radical (unpaired) electrons. The summed E-state index contributed by atoms with van der Waals surface area (Å²) in [5.74, 6) is -0.706. The van der Waals surface area contributed by atoms with Crippen molar-refractivity contribution in [1.29, 1.82) is 0 Å². The van der Waals surface area contributed by atoms with E-state index in [9.17, 15) is 4.79 Å². The van der Waals surface area contributed by atoms with Gasteiger partial charge in [-0.3, -0.25) is 0 Å². The molecule has 0 amide bonds. The van der Waals surface area contributed by atoms with Crippen LogP contribution < -0.4 is 11.1 Å². The maximum Gasteiger partial charge on any atom is 0.337 e. The van der Waals surface area contributed by atoms with Crippen LogP contribution in [0.5, 0.6) is 0 Å². The number of aromatic carboxylic acids is 1. The minimum absolute atomic E-state index is 0.0354. The Bertz CT molecular complexity index is 649. The second-order valence-electron chi connectivity index (χ2n) is 3.72. The molecule has 2 aromatic rings. The second kappa shape index (κ2) is 5.46. The van der Waals surface area contributed by atoms with Crippen molar-refractivity contribution in [2.45, 2.75) is 0 Å². The van der Waals surface area contributed by atoms with E-state index in [-0.39, 0.29) is 11.3 Å². The van der Waals surface area contributed by atoms with E-state index in [4.69, 9.17) is 22.4 Å². The Kier molecular flexibility index (Phi) is 3.92. The summed E-state index contributed by atoms with van der Waals surface area (Å²) >= 11 is 9.27. The molecule has 7 heteroatoms. The number of hydrogen-bond donors (Lipinski definition) is 3. The molecule has 4 N–H and O–H groups in total. The maximum absolute atomic E-state index is 10.8. The smallest absolute Gasteiger partial charge is 0.337 e. The van der Waals surface area contributed by atoms with Gasteiger partial charge in [-0.2, -0.15) is 0 Å². The Labute approximate surface area is 122 Å². The van der Waals surface area contributed by atoms with Crippen LogP contribution in [-0.4, -0.2) is 16.1 Å². The van der Waals surface area contributed by atoms with Crippen LogP contribution in [0.2, 0.25) is 5.02 Å². The molecule has 2 rings (SSSR count). The number of carboxylic acids is 1. The Morgan fingerprint density at radius 1 is 1.42 bits per heavy atom. The fourth-order valence-electron chi connectivity index (χ4n) is 1.42. The van der Waals surface area contributed by atoms with Gasteiger partial charge in [0, 0.05) is 15.7 Å². The van der Waals surface area contributed by atoms with E-state index >= 15 is 0 Å². The predicted molar refractivity (Wildman–Crippen MR) is 78.0 cm³/mol. The number of halogens is 2. The van der Waals surface area contributed by atoms with E-state index in [1.54, 1.807) is 18.2 Å². The van der Waals surface area contributed by atoms with Crippen molar-refractivity contribution in [1.82, 2.24) is 4.98 Å². The molecule has 1 heterocycles. The molecule has 0 aliphatic heterocycles. The number of nitrogens with one attached hydrogen (secondary N) is 1. The molecule has 19 heavy (non-hydrogen) atoms. The molecule has 0 spiro atoms. The molecule has 1 aromatic carbocycles. The van der Waals surface area contributed by atoms with Gasteiger partial charge in [-0.05, 0) is 40.2 Å². The van der Waals surface area contributed by atoms with Gasteiger partial charge in [-0.1, -0.05) is 11.6 Å². The van der Waals surface area contributed by atoms with Gasteiger partial charge < -0.3 is 16.2 Å². The molecule has 0 fully saturated rings. The lowest BCUT2D eigenvalue weighted by Gasteiger charge is -2.10. The van der Waals surface area contributed by atoms with Crippen molar-refractivity contribution >= 4 is 50.7 Å². The Morgan fingerprint density at radius 3 is 2.79 bits per heavy atom. The zero-order valence-electron chi connectivity index (χ0n) is 9.52. The highest BCUT2D eigenvalue weighted by Crippen LogP contribution is 2.30. The normalized spacial score (nSPS) is 10.2. The molecule has 1 aromatic heterocycles. The van der Waals surface area contributed by atoms with Crippen molar-refractivity contribution in [3.8, 4) is 0 Å². The molecule has 0 saturated heterocycles. The van der Waals surface area contributed by atoms with Gasteiger partial charge in [0.1, 0.15) is 0 Å². The Balaban J connectivity index is 2.33. The second-order valence-corrected chi connectivity index (χ2v) is 5.01. The average Bonchev–Trinajstić information content (AvgIpc) is 2.36. The van der Waals surface area contributed by atoms with Crippen LogP contribution in [0.4, 0.5) is 17.2 Å². The first-order valence-corrected chi connectivity index (χ1v) is 6.35. The Hall–Kier alpha value is -1.79. The summed E-state index contributed by atoms with van der Waals surface area (Å²) in [6, 6.07) is 6.57. The molecule has 98 valence electrons. The van der Waals surface area contributed by atoms with Crippen molar-refractivity contribution < 1.29 is 9.90 Å². The summed E-state index contributed by atoms with van der Waals surface area (Å²) in [6.45, 7) is 0. The number of hydrogen-bond acceptors (Lipinski definition) is 4. The van der Waals surface area contributed by atoms with E-state index in [2.05, 4.69) is 26.2 Å². The molecule has 0 aliphatic rings. The number of aromatic nitrogens is 1. The first kappa shape index (κ1) is 13.6. The quantitative estimate of drug-likeness (QED) is 0.794. The molecule has 0 saturated carbocycles. The third kappa shape index (κ3) is 3.15. The van der Waals surface area contributed by atoms with Crippen LogP contribution in [-0.2, 0) is 0 Å². The summed E-state index contributed by atoms with van der Waals surface area (Å²) < 4.78 is 0.792. The topological polar surface area (TPSA) is 88.2 Å². The van der Waals surface area contributed by atoms with E-state index in [0.29, 0.717) is 16.5 Å². The summed E-state index contributed by atoms with van der Waals surface area (Å²) in [4.78, 5) is 14.8. The number of nitrogens with two attached hydrogens (primary N) is 1. The van der Waals surface area contributed by atoms with Gasteiger partial charge in [-0.15, -0.1) is 0 Å². The zero-order chi connectivity index (χ0) is 14.0. The van der Waals surface area contributed by atoms with Crippen LogP contribution in [0.15, 0.2) is 34.9 Å². The van der Waals surface area contributed by atoms with Crippen LogP contribution in [0.25, 0.3) is 0 Å². The minimum atomic E-state index is -1.07. The number of rotatable bonds is 3. The first-order valence-electron chi connectivity index (χ1n) is 5.18. The number of anilines is 3. The fourth-order valence-corrected chi connectivity index (χ4v) is 1.94. The molecule has 5 nitrogen and oxygen atoms in total. The molecule has 0 atom stereocenters. The number of benzene rings is 1. The highest BCUT2D eigenvalue weighted by molar-refractivity contribution is 9.10. The lowest BCUT2D eigenvalue weighted by molar-refractivity contribution is 0.0696. The summed E-state index contributed by atoms with van der Waals surface area (Å²) in [6.07, 6.45) is 1.24. The highest BCUT2D eigenvalue weighted by atomic mass is 79.9. The summed E-state index contributed by atoms with van der Waals surface area (Å²) in [5.41, 5.74) is 6.73. The molecular formula is C12H9BrClN3O2. The van der Waals surface area contributed by atoms with Gasteiger partial charge in [-0.25, -0.2) is 9.78 Å². The summed E-state index contributed by atoms with van der Waals surface area (Å²) in [5, 5.41) is 12.4. The van der Waals surface area contributed by atoms with Gasteiger partial charge in [0.2, 0.25) is 0 Å². The zero-order valence-corrected chi connectivity index (χ0v) is 11.9. The minimum Gasteiger partial charge on any atom is -0.478 e. The van der Waals surface area contributed by atoms with E-state index in [0.717, 1.165) is 4.47 Å². The summed E-state index contributed by atoms with van der Waals surface area (Å²) in [7, 11) is 0. The third-order valence-electron chi connectivity index (χ3n) is 2.35. The van der Waals surface area contributed by atoms with Crippen molar-refractivity contribution in [3.63, 3.8) is 0 Å². The van der Waals surface area contributed by atoms with Crippen LogP contribution in [0.1, 0.15) is 10.4 Å². The SMILES string of the molecule is Nc1cc(C(=O)O)cnc1Nc1cc(Cl)ccc1Br. The third-order valence-corrected chi connectivity index (χ3v) is 3.27. The molecule has 0 bridgehead atoms.